The number of aromatic amines is 2. The molecule has 31 heavy (non-hydrogen) atoms. The number of halogens is 1. The SMILES string of the molecule is N[C@@H](Cc1c[nH]c2ccc(Br)cc12)C(=O)O.N[C@@H](Cc1c[nH]c2ccccc12)C(=O)O. The van der Waals surface area contributed by atoms with Gasteiger partial charge >= 0.3 is 11.9 Å². The highest BCUT2D eigenvalue weighted by atomic mass is 79.9. The molecule has 0 radical (unpaired) electrons. The topological polar surface area (TPSA) is 158 Å². The van der Waals surface area contributed by atoms with Crippen molar-refractivity contribution in [2.75, 3.05) is 0 Å². The van der Waals surface area contributed by atoms with E-state index in [1.807, 2.05) is 48.7 Å². The van der Waals surface area contributed by atoms with Crippen LogP contribution < -0.4 is 11.5 Å². The molecule has 0 aliphatic heterocycles. The summed E-state index contributed by atoms with van der Waals surface area (Å²) in [5.41, 5.74) is 14.9. The minimum Gasteiger partial charge on any atom is -0.480 e. The van der Waals surface area contributed by atoms with Gasteiger partial charge in [0.05, 0.1) is 0 Å². The van der Waals surface area contributed by atoms with E-state index in [0.717, 1.165) is 37.4 Å². The van der Waals surface area contributed by atoms with Crippen LogP contribution in [0.4, 0.5) is 0 Å². The van der Waals surface area contributed by atoms with Gasteiger partial charge in [0.1, 0.15) is 12.1 Å². The number of nitrogens with two attached hydrogens (primary N) is 2. The number of H-pyrrole nitrogens is 2. The highest BCUT2D eigenvalue weighted by Crippen LogP contribution is 2.23. The van der Waals surface area contributed by atoms with Gasteiger partial charge in [-0.1, -0.05) is 34.1 Å². The summed E-state index contributed by atoms with van der Waals surface area (Å²) < 4.78 is 0.963. The van der Waals surface area contributed by atoms with Crippen LogP contribution in [0.1, 0.15) is 11.1 Å². The maximum atomic E-state index is 10.7. The number of rotatable bonds is 6. The van der Waals surface area contributed by atoms with Crippen molar-refractivity contribution < 1.29 is 19.8 Å². The Hall–Kier alpha value is -3.14. The van der Waals surface area contributed by atoms with Gasteiger partial charge < -0.3 is 31.6 Å². The molecule has 4 aromatic rings. The number of para-hydroxylation sites is 1. The van der Waals surface area contributed by atoms with Crippen LogP contribution in [0, 0.1) is 0 Å². The Balaban J connectivity index is 0.000000176. The second kappa shape index (κ2) is 9.78. The first-order valence-corrected chi connectivity index (χ1v) is 10.3. The van der Waals surface area contributed by atoms with E-state index in [1.54, 1.807) is 6.20 Å². The molecule has 2 atom stereocenters. The maximum Gasteiger partial charge on any atom is 0.320 e. The van der Waals surface area contributed by atoms with E-state index in [1.165, 1.54) is 0 Å². The molecule has 162 valence electrons. The third-order valence-corrected chi connectivity index (χ3v) is 5.41. The molecule has 0 bridgehead atoms. The van der Waals surface area contributed by atoms with Gasteiger partial charge in [-0.05, 0) is 35.4 Å². The van der Waals surface area contributed by atoms with E-state index in [-0.39, 0.29) is 0 Å². The molecule has 0 saturated heterocycles. The zero-order valence-corrected chi connectivity index (χ0v) is 18.1. The second-order valence-electron chi connectivity index (χ2n) is 7.16. The smallest absolute Gasteiger partial charge is 0.320 e. The van der Waals surface area contributed by atoms with Gasteiger partial charge in [0.2, 0.25) is 0 Å². The van der Waals surface area contributed by atoms with Gasteiger partial charge in [-0.3, -0.25) is 9.59 Å². The van der Waals surface area contributed by atoms with E-state index < -0.39 is 24.0 Å². The standard InChI is InChI=1S/C11H11BrN2O2.C11H12N2O2/c12-7-1-2-10-8(4-7)6(5-14-10)3-9(13)11(15)16;12-9(11(14)15)5-7-6-13-10-4-2-1-3-8(7)10/h1-2,4-5,9,14H,3,13H2,(H,15,16);1-4,6,9,13H,5,12H2,(H,14,15)/t2*9-/m00/s1. The van der Waals surface area contributed by atoms with E-state index in [4.69, 9.17) is 21.7 Å². The van der Waals surface area contributed by atoms with Gasteiger partial charge in [0.15, 0.2) is 0 Å². The Morgan fingerprint density at radius 2 is 1.35 bits per heavy atom. The van der Waals surface area contributed by atoms with Crippen LogP contribution in [0.2, 0.25) is 0 Å². The Kier molecular flexibility index (Phi) is 7.11. The van der Waals surface area contributed by atoms with Gasteiger partial charge in [-0.25, -0.2) is 0 Å². The Morgan fingerprint density at radius 3 is 1.94 bits per heavy atom. The molecule has 0 amide bonds. The monoisotopic (exact) mass is 486 g/mol. The van der Waals surface area contributed by atoms with E-state index in [0.29, 0.717) is 12.8 Å². The summed E-state index contributed by atoms with van der Waals surface area (Å²) in [5, 5.41) is 19.5. The Morgan fingerprint density at radius 1 is 0.839 bits per heavy atom. The third kappa shape index (κ3) is 5.52. The first kappa shape index (κ1) is 22.5. The lowest BCUT2D eigenvalue weighted by molar-refractivity contribution is -0.139. The van der Waals surface area contributed by atoms with Crippen LogP contribution in [-0.4, -0.2) is 44.2 Å². The number of fused-ring (bicyclic) bond motifs is 2. The van der Waals surface area contributed by atoms with Crippen LogP contribution >= 0.6 is 15.9 Å². The fourth-order valence-corrected chi connectivity index (χ4v) is 3.63. The molecule has 0 aliphatic rings. The van der Waals surface area contributed by atoms with Crippen molar-refractivity contribution in [2.45, 2.75) is 24.9 Å². The van der Waals surface area contributed by atoms with Crippen LogP contribution in [0.15, 0.2) is 59.3 Å². The lowest BCUT2D eigenvalue weighted by Gasteiger charge is -2.04. The van der Waals surface area contributed by atoms with Gasteiger partial charge in [-0.15, -0.1) is 0 Å². The number of carboxylic acids is 2. The number of nitrogens with one attached hydrogen (secondary N) is 2. The number of hydrogen-bond donors (Lipinski definition) is 6. The summed E-state index contributed by atoms with van der Waals surface area (Å²) in [5.74, 6) is -1.95. The van der Waals surface area contributed by atoms with Crippen molar-refractivity contribution >= 4 is 49.7 Å². The van der Waals surface area contributed by atoms with E-state index >= 15 is 0 Å². The van der Waals surface area contributed by atoms with Crippen molar-refractivity contribution in [2.24, 2.45) is 11.5 Å². The summed E-state index contributed by atoms with van der Waals surface area (Å²) in [6, 6.07) is 11.9. The normalized spacial score (nSPS) is 12.9. The average molecular weight is 487 g/mol. The number of hydrogen-bond acceptors (Lipinski definition) is 4. The molecule has 2 aromatic heterocycles. The number of aromatic nitrogens is 2. The van der Waals surface area contributed by atoms with Crippen LogP contribution in [-0.2, 0) is 22.4 Å². The van der Waals surface area contributed by atoms with Crippen molar-refractivity contribution in [3.8, 4) is 0 Å². The minimum absolute atomic E-state index is 0.325. The molecule has 0 saturated carbocycles. The number of carboxylic acid groups (broad SMARTS) is 2. The predicted octanol–water partition coefficient (Wildman–Crippen LogP) is 3.01. The molecule has 9 heteroatoms. The van der Waals surface area contributed by atoms with Crippen LogP contribution in [0.3, 0.4) is 0 Å². The molecular formula is C22H23BrN4O4. The van der Waals surface area contributed by atoms with Crippen molar-refractivity contribution in [1.29, 1.82) is 0 Å². The molecule has 0 spiro atoms. The van der Waals surface area contributed by atoms with Gasteiger partial charge in [-0.2, -0.15) is 0 Å². The summed E-state index contributed by atoms with van der Waals surface area (Å²) in [6.07, 6.45) is 4.29. The average Bonchev–Trinajstić information content (AvgIpc) is 3.32. The van der Waals surface area contributed by atoms with Crippen molar-refractivity contribution in [3.63, 3.8) is 0 Å². The molecule has 8 N–H and O–H groups in total. The highest BCUT2D eigenvalue weighted by molar-refractivity contribution is 9.10. The third-order valence-electron chi connectivity index (χ3n) is 4.92. The zero-order valence-electron chi connectivity index (χ0n) is 16.5. The number of benzene rings is 2. The molecule has 2 aromatic carbocycles. The van der Waals surface area contributed by atoms with E-state index in [9.17, 15) is 9.59 Å². The number of aliphatic carboxylic acids is 2. The lowest BCUT2D eigenvalue weighted by atomic mass is 10.1. The predicted molar refractivity (Wildman–Crippen MR) is 123 cm³/mol. The van der Waals surface area contributed by atoms with Crippen LogP contribution in [0.5, 0.6) is 0 Å². The summed E-state index contributed by atoms with van der Waals surface area (Å²) in [4.78, 5) is 27.5. The molecular weight excluding hydrogens is 464 g/mol. The highest BCUT2D eigenvalue weighted by Gasteiger charge is 2.15. The quantitative estimate of drug-likeness (QED) is 0.245. The maximum absolute atomic E-state index is 10.7. The Labute approximate surface area is 186 Å². The second-order valence-corrected chi connectivity index (χ2v) is 8.08. The van der Waals surface area contributed by atoms with Crippen LogP contribution in [0.25, 0.3) is 21.8 Å². The molecule has 0 fully saturated rings. The molecule has 0 unspecified atom stereocenters. The summed E-state index contributed by atoms with van der Waals surface area (Å²) in [6.45, 7) is 0. The summed E-state index contributed by atoms with van der Waals surface area (Å²) in [7, 11) is 0. The number of carbonyl (C=O) groups is 2. The molecule has 8 nitrogen and oxygen atoms in total. The summed E-state index contributed by atoms with van der Waals surface area (Å²) >= 11 is 3.38. The van der Waals surface area contributed by atoms with E-state index in [2.05, 4.69) is 25.9 Å². The fraction of sp³-hybridized carbons (Fsp3) is 0.182. The fourth-order valence-electron chi connectivity index (χ4n) is 3.27. The molecule has 4 rings (SSSR count). The largest absolute Gasteiger partial charge is 0.480 e. The molecule has 0 aliphatic carbocycles. The van der Waals surface area contributed by atoms with Gasteiger partial charge in [0.25, 0.3) is 0 Å². The first-order valence-electron chi connectivity index (χ1n) is 9.53. The molecule has 2 heterocycles. The van der Waals surface area contributed by atoms with Crippen molar-refractivity contribution in [3.05, 3.63) is 70.5 Å². The minimum atomic E-state index is -0.982. The lowest BCUT2D eigenvalue weighted by Crippen LogP contribution is -2.32. The zero-order chi connectivity index (χ0) is 22.5. The van der Waals surface area contributed by atoms with Gasteiger partial charge in [0, 0.05) is 51.5 Å². The first-order chi connectivity index (χ1) is 14.8. The van der Waals surface area contributed by atoms with Crippen molar-refractivity contribution in [1.82, 2.24) is 9.97 Å². The Bertz CT molecular complexity index is 1220.